The second-order valence-electron chi connectivity index (χ2n) is 17.0. The predicted molar refractivity (Wildman–Crippen MR) is 251 cm³/mol. The van der Waals surface area contributed by atoms with Crippen molar-refractivity contribution in [2.75, 3.05) is 58.5 Å². The van der Waals surface area contributed by atoms with E-state index in [0.717, 1.165) is 17.4 Å². The number of nitrogens with two attached hydrogens (primary N) is 1. The van der Waals surface area contributed by atoms with Gasteiger partial charge in [-0.3, -0.25) is 37.0 Å². The minimum atomic E-state index is -6.44. The fraction of sp³-hybridized carbons (Fsp3) is 0.381. The summed E-state index contributed by atoms with van der Waals surface area (Å²) in [6.07, 6.45) is 0.725. The highest BCUT2D eigenvalue weighted by Gasteiger charge is 2.38. The molecule has 1 saturated heterocycles. The number of aromatic carboxylic acids is 1. The number of imidazole rings is 1. The molecule has 4 unspecified atom stereocenters. The van der Waals surface area contributed by atoms with E-state index in [1.54, 1.807) is 11.2 Å². The Bertz CT molecular complexity index is 3280. The quantitative estimate of drug-likeness (QED) is 0.0300. The molecule has 27 nitrogen and oxygen atoms in total. The van der Waals surface area contributed by atoms with E-state index in [0.29, 0.717) is 59.1 Å². The van der Waals surface area contributed by atoms with Gasteiger partial charge >= 0.3 is 0 Å². The normalized spacial score (nSPS) is 19.3. The Morgan fingerprint density at radius 1 is 0.877 bits per heavy atom. The number of carbonyl (C=O) groups excluding carboxylic acids is 2. The first-order valence-corrected chi connectivity index (χ1v) is 28.1. The van der Waals surface area contributed by atoms with Gasteiger partial charge in [-0.1, -0.05) is 25.3 Å². The number of carboxylic acid groups (broad SMARTS) is 1. The average molecular weight is 1090 g/mol. The van der Waals surface area contributed by atoms with Gasteiger partial charge < -0.3 is 64.2 Å². The van der Waals surface area contributed by atoms with E-state index in [1.807, 2.05) is 74.1 Å². The molecular weight excluding hydrogens is 1040 g/mol. The number of nitrogen functional groups attached to an aromatic ring is 1. The molecule has 4 heterocycles. The van der Waals surface area contributed by atoms with Crippen molar-refractivity contribution in [1.29, 1.82) is 0 Å². The van der Waals surface area contributed by atoms with Gasteiger partial charge in [-0.25, -0.2) is 28.1 Å². The lowest BCUT2D eigenvalue weighted by molar-refractivity contribution is -0.256. The Balaban J connectivity index is 0.834. The van der Waals surface area contributed by atoms with E-state index in [4.69, 9.17) is 14.9 Å². The van der Waals surface area contributed by atoms with Crippen LogP contribution < -0.4 is 55.7 Å². The molecule has 1 fully saturated rings. The molecule has 0 spiro atoms. The number of carbonyl (C=O) groups is 2. The number of amides is 1. The number of hydrogen-bond donors (Lipinski definition) is 4. The van der Waals surface area contributed by atoms with Gasteiger partial charge in [0.05, 0.1) is 31.1 Å². The third-order valence-electron chi connectivity index (χ3n) is 11.3. The van der Waals surface area contributed by atoms with Crippen molar-refractivity contribution in [3.8, 4) is 22.5 Å². The smallest absolute Gasteiger partial charge is 0.280 e. The summed E-state index contributed by atoms with van der Waals surface area (Å²) in [6, 6.07) is 15.6. The molecule has 0 bridgehead atoms. The number of ether oxygens (including phenoxy) is 1. The minimum absolute atomic E-state index is 0.0593. The van der Waals surface area contributed by atoms with Crippen LogP contribution in [0.1, 0.15) is 65.5 Å². The molecule has 73 heavy (non-hydrogen) atoms. The van der Waals surface area contributed by atoms with Gasteiger partial charge in [-0.15, -0.1) is 0 Å². The summed E-state index contributed by atoms with van der Waals surface area (Å²) >= 11 is 0. The Kier molecular flexibility index (Phi) is 17.2. The van der Waals surface area contributed by atoms with Crippen LogP contribution in [0.25, 0.3) is 44.6 Å². The third kappa shape index (κ3) is 13.9. The van der Waals surface area contributed by atoms with Crippen LogP contribution in [0, 0.1) is 0 Å². The van der Waals surface area contributed by atoms with Crippen LogP contribution in [0.5, 0.6) is 0 Å². The van der Waals surface area contributed by atoms with Crippen molar-refractivity contribution in [2.24, 2.45) is 0 Å². The molecule has 2 aromatic carbocycles. The molecule has 0 radical (unpaired) electrons. The second kappa shape index (κ2) is 22.7. The molecule has 31 heteroatoms. The SMILES string of the molecule is CN(C)c1ccc2c(-c3ccc(C(=O)NCCCCCCCNP(=O)([O-])OP(=O)([O-])OP(=O)([O-])OP(=O)([O-])OC[C@H]4O[C@@H](n5cnc6c(N)ncnc65)C[C@@H]4O)cc3C(=O)[O-])c3ccc(=[N+](C)C)cc-3oc2c1. The number of nitrogens with zero attached hydrogens (tertiary/aromatic N) is 6. The largest absolute Gasteiger partial charge is 0.766 e. The number of rotatable bonds is 23. The molecule has 7 atom stereocenters. The standard InChI is InChI=1S/C42H53N9O18P4/c1-49(2)26-11-14-29-33(19-26)65-34-20-27(50(3)4)12-15-30(34)37(29)28-13-10-25(18-31(28)42(54)55)41(53)44-16-8-6-5-7-9-17-48-70(56,57)67-72(60,61)69-73(62,63)68-71(58,59)64-22-35-32(52)21-36(66-35)51-24-47-38-39(43)45-23-46-40(38)51/h10-15,18-20,23-24,32,35-36,52H,5-9,16-17,21-22H2,1-4H3,(H8-,43,44,45,46,48,53,54,55,56,57,58,59,60,61,62,63)/p-4/t32-,35+,36+/m0/s1. The summed E-state index contributed by atoms with van der Waals surface area (Å²) in [5.74, 6) is -1.44. The van der Waals surface area contributed by atoms with Crippen LogP contribution in [0.2, 0.25) is 0 Å². The maximum Gasteiger partial charge on any atom is 0.280 e. The topological polar surface area (TPSA) is 397 Å². The van der Waals surface area contributed by atoms with Crippen LogP contribution in [-0.2, 0) is 40.5 Å². The summed E-state index contributed by atoms with van der Waals surface area (Å²) < 4.78 is 80.0. The monoisotopic (exact) mass is 1090 g/mol. The number of phosphoric acid groups is 3. The van der Waals surface area contributed by atoms with Crippen molar-refractivity contribution in [3.05, 3.63) is 83.7 Å². The summed E-state index contributed by atoms with van der Waals surface area (Å²) in [7, 11) is -16.8. The summed E-state index contributed by atoms with van der Waals surface area (Å²) in [5, 5.41) is 29.1. The second-order valence-corrected chi connectivity index (χ2v) is 23.2. The van der Waals surface area contributed by atoms with Crippen LogP contribution in [-0.4, -0.2) is 96.6 Å². The number of anilines is 2. The molecule has 5 N–H and O–H groups in total. The van der Waals surface area contributed by atoms with E-state index in [2.05, 4.69) is 37.7 Å². The van der Waals surface area contributed by atoms with Crippen molar-refractivity contribution in [1.82, 2.24) is 34.5 Å². The zero-order valence-electron chi connectivity index (χ0n) is 39.4. The highest BCUT2D eigenvalue weighted by Crippen LogP contribution is 2.66. The number of unbranched alkanes of at least 4 members (excludes halogenated alkanes) is 4. The fourth-order valence-electron chi connectivity index (χ4n) is 7.83. The number of phosphoric ester groups is 1. The molecule has 1 aliphatic carbocycles. The maximum atomic E-state index is 13.2. The lowest BCUT2D eigenvalue weighted by Crippen LogP contribution is -2.27. The lowest BCUT2D eigenvalue weighted by Gasteiger charge is -2.36. The van der Waals surface area contributed by atoms with Gasteiger partial charge in [-0.2, -0.15) is 0 Å². The summed E-state index contributed by atoms with van der Waals surface area (Å²) in [6.45, 7) is -1.18. The van der Waals surface area contributed by atoms with Gasteiger partial charge in [0, 0.05) is 79.1 Å². The average Bonchev–Trinajstić information content (AvgIpc) is 3.91. The molecule has 0 saturated carbocycles. The lowest BCUT2D eigenvalue weighted by atomic mass is 9.89. The van der Waals surface area contributed by atoms with E-state index >= 15 is 0 Å². The number of nitrogens with one attached hydrogen (secondary N) is 2. The number of aromatic nitrogens is 4. The molecule has 1 amide bonds. The van der Waals surface area contributed by atoms with Crippen LogP contribution in [0.15, 0.2) is 71.7 Å². The first kappa shape index (κ1) is 55.5. The van der Waals surface area contributed by atoms with Crippen LogP contribution >= 0.6 is 31.2 Å². The number of benzene rings is 3. The molecule has 7 rings (SSSR count). The van der Waals surface area contributed by atoms with E-state index in [1.165, 1.54) is 23.0 Å². The number of aliphatic hydroxyl groups is 1. The van der Waals surface area contributed by atoms with Gasteiger partial charge in [-0.05, 0) is 48.7 Å². The van der Waals surface area contributed by atoms with Gasteiger partial charge in [0.25, 0.3) is 29.4 Å². The van der Waals surface area contributed by atoms with Crippen LogP contribution in [0.4, 0.5) is 11.5 Å². The van der Waals surface area contributed by atoms with E-state index < -0.39 is 68.1 Å². The Morgan fingerprint density at radius 2 is 1.56 bits per heavy atom. The van der Waals surface area contributed by atoms with Crippen molar-refractivity contribution >= 4 is 76.7 Å². The summed E-state index contributed by atoms with van der Waals surface area (Å²) in [4.78, 5) is 88.7. The Morgan fingerprint density at radius 3 is 2.27 bits per heavy atom. The molecular formula is C42H49N9O18P4-4. The molecule has 3 aliphatic rings. The molecule has 2 aromatic heterocycles. The Hall–Kier alpha value is -5.30. The van der Waals surface area contributed by atoms with Crippen LogP contribution in [0.3, 0.4) is 0 Å². The fourth-order valence-corrected chi connectivity index (χ4v) is 12.8. The van der Waals surface area contributed by atoms with Gasteiger partial charge in [0.15, 0.2) is 11.5 Å². The maximum absolute atomic E-state index is 13.2. The van der Waals surface area contributed by atoms with Gasteiger partial charge in [0.1, 0.15) is 49.6 Å². The predicted octanol–water partition coefficient (Wildman–Crippen LogP) is 0.946. The molecule has 4 aromatic rings. The molecule has 394 valence electrons. The van der Waals surface area contributed by atoms with E-state index in [-0.39, 0.29) is 54.0 Å². The van der Waals surface area contributed by atoms with E-state index in [9.17, 15) is 57.6 Å². The van der Waals surface area contributed by atoms with Gasteiger partial charge in [0.2, 0.25) is 13.1 Å². The zero-order valence-corrected chi connectivity index (χ0v) is 43.0. The third-order valence-corrected chi connectivity index (χ3v) is 17.3. The number of aliphatic hydroxyl groups excluding tert-OH is 1. The first-order valence-electron chi connectivity index (χ1n) is 22.2. The highest BCUT2D eigenvalue weighted by molar-refractivity contribution is 7.68. The number of carboxylic acids is 1. The van der Waals surface area contributed by atoms with Crippen molar-refractivity contribution < 1.29 is 84.2 Å². The van der Waals surface area contributed by atoms with Crippen molar-refractivity contribution in [3.63, 3.8) is 0 Å². The summed E-state index contributed by atoms with van der Waals surface area (Å²) in [5.41, 5.74) is 9.06. The Labute approximate surface area is 416 Å². The number of hydrogen-bond acceptors (Lipinski definition) is 23. The minimum Gasteiger partial charge on any atom is -0.766 e. The zero-order chi connectivity index (χ0) is 53.0. The molecule has 2 aliphatic heterocycles. The first-order chi connectivity index (χ1) is 34.3. The highest BCUT2D eigenvalue weighted by atomic mass is 31.3. The van der Waals surface area contributed by atoms with Crippen molar-refractivity contribution in [2.45, 2.75) is 57.0 Å². The number of fused-ring (bicyclic) bond motifs is 3.